The van der Waals surface area contributed by atoms with E-state index in [4.69, 9.17) is 0 Å². The lowest BCUT2D eigenvalue weighted by Crippen LogP contribution is -2.25. The van der Waals surface area contributed by atoms with Crippen LogP contribution in [0, 0.1) is 12.8 Å². The van der Waals surface area contributed by atoms with Crippen LogP contribution < -0.4 is 5.32 Å². The van der Waals surface area contributed by atoms with Crippen LogP contribution in [0.25, 0.3) is 0 Å². The highest BCUT2D eigenvalue weighted by molar-refractivity contribution is 5.25. The van der Waals surface area contributed by atoms with Crippen LogP contribution in [-0.4, -0.2) is 17.2 Å². The monoisotopic (exact) mass is 221 g/mol. The minimum atomic E-state index is 0.383. The molecule has 0 radical (unpaired) electrons. The molecule has 0 bridgehead atoms. The summed E-state index contributed by atoms with van der Waals surface area (Å²) < 4.78 is 0. The molecule has 1 aromatic rings. The van der Waals surface area contributed by atoms with Crippen LogP contribution in [0.4, 0.5) is 0 Å². The van der Waals surface area contributed by atoms with Gasteiger partial charge in [0.05, 0.1) is 11.4 Å². The molecular formula is C13H23N3. The number of aryl methyl sites for hydroxylation is 2. The van der Waals surface area contributed by atoms with Gasteiger partial charge in [0.1, 0.15) is 0 Å². The molecule has 1 N–H and O–H groups in total. The third-order valence-electron chi connectivity index (χ3n) is 3.22. The van der Waals surface area contributed by atoms with Crippen molar-refractivity contribution in [2.45, 2.75) is 46.6 Å². The van der Waals surface area contributed by atoms with Crippen molar-refractivity contribution in [1.29, 1.82) is 0 Å². The summed E-state index contributed by atoms with van der Waals surface area (Å²) in [6.45, 7) is 8.63. The maximum Gasteiger partial charge on any atom is 0.0676 e. The highest BCUT2D eigenvalue weighted by atomic mass is 15.1. The van der Waals surface area contributed by atoms with Gasteiger partial charge in [0.15, 0.2) is 0 Å². The maximum atomic E-state index is 4.29. The summed E-state index contributed by atoms with van der Waals surface area (Å²) in [7, 11) is 2.02. The van der Waals surface area contributed by atoms with Gasteiger partial charge in [-0.05, 0) is 37.9 Å². The van der Waals surface area contributed by atoms with Crippen molar-refractivity contribution < 1.29 is 0 Å². The van der Waals surface area contributed by atoms with E-state index >= 15 is 0 Å². The highest BCUT2D eigenvalue weighted by Gasteiger charge is 2.19. The number of aromatic nitrogens is 2. The Morgan fingerprint density at radius 3 is 2.50 bits per heavy atom. The molecule has 0 saturated carbocycles. The van der Waals surface area contributed by atoms with Crippen molar-refractivity contribution >= 4 is 0 Å². The van der Waals surface area contributed by atoms with E-state index in [0.717, 1.165) is 24.2 Å². The van der Waals surface area contributed by atoms with Crippen molar-refractivity contribution in [2.24, 2.45) is 5.92 Å². The fourth-order valence-corrected chi connectivity index (χ4v) is 2.06. The van der Waals surface area contributed by atoms with Gasteiger partial charge in [0, 0.05) is 6.04 Å². The zero-order chi connectivity index (χ0) is 12.1. The summed E-state index contributed by atoms with van der Waals surface area (Å²) in [4.78, 5) is 0. The summed E-state index contributed by atoms with van der Waals surface area (Å²) >= 11 is 0. The van der Waals surface area contributed by atoms with Crippen molar-refractivity contribution in [3.05, 3.63) is 23.0 Å². The van der Waals surface area contributed by atoms with Gasteiger partial charge in [-0.3, -0.25) is 0 Å². The van der Waals surface area contributed by atoms with Gasteiger partial charge in [-0.2, -0.15) is 10.2 Å². The second kappa shape index (κ2) is 5.94. The van der Waals surface area contributed by atoms with Gasteiger partial charge in [0.25, 0.3) is 0 Å². The summed E-state index contributed by atoms with van der Waals surface area (Å²) in [5.41, 5.74) is 3.42. The number of nitrogens with zero attached hydrogens (tertiary/aromatic N) is 2. The van der Waals surface area contributed by atoms with E-state index < -0.39 is 0 Å². The third-order valence-corrected chi connectivity index (χ3v) is 3.22. The summed E-state index contributed by atoms with van der Waals surface area (Å²) in [6, 6.07) is 2.55. The molecule has 16 heavy (non-hydrogen) atoms. The molecule has 1 heterocycles. The first-order chi connectivity index (χ1) is 7.63. The highest BCUT2D eigenvalue weighted by Crippen LogP contribution is 2.26. The summed E-state index contributed by atoms with van der Waals surface area (Å²) in [5.74, 6) is 0.610. The molecule has 1 aromatic heterocycles. The van der Waals surface area contributed by atoms with E-state index in [0.29, 0.717) is 12.0 Å². The maximum absolute atomic E-state index is 4.29. The average Bonchev–Trinajstić information content (AvgIpc) is 2.30. The molecule has 2 unspecified atom stereocenters. The van der Waals surface area contributed by atoms with Gasteiger partial charge in [-0.1, -0.05) is 27.2 Å². The minimum absolute atomic E-state index is 0.383. The Morgan fingerprint density at radius 1 is 1.31 bits per heavy atom. The van der Waals surface area contributed by atoms with Crippen LogP contribution >= 0.6 is 0 Å². The molecule has 0 fully saturated rings. The van der Waals surface area contributed by atoms with Crippen molar-refractivity contribution in [1.82, 2.24) is 15.5 Å². The Balaban J connectivity index is 3.11. The molecule has 0 spiro atoms. The smallest absolute Gasteiger partial charge is 0.0676 e. The number of nitrogens with one attached hydrogen (secondary N) is 1. The lowest BCUT2D eigenvalue weighted by molar-refractivity contribution is 0.396. The zero-order valence-corrected chi connectivity index (χ0v) is 11.0. The topological polar surface area (TPSA) is 37.8 Å². The van der Waals surface area contributed by atoms with E-state index in [1.165, 1.54) is 5.56 Å². The van der Waals surface area contributed by atoms with E-state index in [1.807, 2.05) is 14.0 Å². The lowest BCUT2D eigenvalue weighted by atomic mass is 9.91. The summed E-state index contributed by atoms with van der Waals surface area (Å²) in [6.07, 6.45) is 2.10. The van der Waals surface area contributed by atoms with E-state index in [-0.39, 0.29) is 0 Å². The Bertz CT molecular complexity index is 336. The molecule has 3 nitrogen and oxygen atoms in total. The first-order valence-corrected chi connectivity index (χ1v) is 6.14. The first kappa shape index (κ1) is 13.1. The Kier molecular flexibility index (Phi) is 4.87. The number of hydrogen-bond donors (Lipinski definition) is 1. The molecule has 0 aliphatic rings. The second-order valence-corrected chi connectivity index (χ2v) is 4.39. The quantitative estimate of drug-likeness (QED) is 0.830. The van der Waals surface area contributed by atoms with Crippen molar-refractivity contribution in [3.63, 3.8) is 0 Å². The Morgan fingerprint density at radius 2 is 2.00 bits per heavy atom. The summed E-state index contributed by atoms with van der Waals surface area (Å²) in [5, 5.41) is 11.8. The standard InChI is InChI=1S/C13H23N3/c1-6-9(3)13(14-5)11-8-10(4)15-16-12(11)7-2/h8-9,13-14H,6-7H2,1-5H3. The van der Waals surface area contributed by atoms with E-state index in [9.17, 15) is 0 Å². The molecule has 0 aliphatic carbocycles. The fraction of sp³-hybridized carbons (Fsp3) is 0.692. The first-order valence-electron chi connectivity index (χ1n) is 6.14. The van der Waals surface area contributed by atoms with E-state index in [1.54, 1.807) is 0 Å². The fourth-order valence-electron chi connectivity index (χ4n) is 2.06. The van der Waals surface area contributed by atoms with Gasteiger partial charge in [-0.25, -0.2) is 0 Å². The SMILES string of the molecule is CCc1nnc(C)cc1C(NC)C(C)CC. The van der Waals surface area contributed by atoms with Crippen LogP contribution in [0.2, 0.25) is 0 Å². The van der Waals surface area contributed by atoms with Crippen LogP contribution in [-0.2, 0) is 6.42 Å². The van der Waals surface area contributed by atoms with Crippen molar-refractivity contribution in [3.8, 4) is 0 Å². The Labute approximate surface area is 98.7 Å². The Hall–Kier alpha value is -0.960. The van der Waals surface area contributed by atoms with Gasteiger partial charge < -0.3 is 5.32 Å². The van der Waals surface area contributed by atoms with Crippen LogP contribution in [0.5, 0.6) is 0 Å². The predicted molar refractivity (Wildman–Crippen MR) is 67.4 cm³/mol. The lowest BCUT2D eigenvalue weighted by Gasteiger charge is -2.24. The van der Waals surface area contributed by atoms with E-state index in [2.05, 4.69) is 42.4 Å². The second-order valence-electron chi connectivity index (χ2n) is 4.39. The largest absolute Gasteiger partial charge is 0.313 e. The average molecular weight is 221 g/mol. The molecule has 0 saturated heterocycles. The third kappa shape index (κ3) is 2.79. The molecule has 3 heteroatoms. The van der Waals surface area contributed by atoms with Crippen LogP contribution in [0.1, 0.15) is 50.2 Å². The molecule has 2 atom stereocenters. The zero-order valence-electron chi connectivity index (χ0n) is 11.0. The number of rotatable bonds is 5. The normalized spacial score (nSPS) is 14.8. The molecule has 0 aromatic carbocycles. The molecular weight excluding hydrogens is 198 g/mol. The van der Waals surface area contributed by atoms with Crippen LogP contribution in [0.3, 0.4) is 0 Å². The number of hydrogen-bond acceptors (Lipinski definition) is 3. The minimum Gasteiger partial charge on any atom is -0.313 e. The predicted octanol–water partition coefficient (Wildman–Crippen LogP) is 2.65. The molecule has 90 valence electrons. The molecule has 0 aliphatic heterocycles. The molecule has 0 amide bonds. The molecule has 1 rings (SSSR count). The van der Waals surface area contributed by atoms with Gasteiger partial charge in [0.2, 0.25) is 0 Å². The van der Waals surface area contributed by atoms with Crippen LogP contribution in [0.15, 0.2) is 6.07 Å². The van der Waals surface area contributed by atoms with Gasteiger partial charge in [-0.15, -0.1) is 0 Å². The van der Waals surface area contributed by atoms with Gasteiger partial charge >= 0.3 is 0 Å². The van der Waals surface area contributed by atoms with Crippen molar-refractivity contribution in [2.75, 3.05) is 7.05 Å².